The maximum atomic E-state index is 13.0. The molecule has 0 bridgehead atoms. The summed E-state index contributed by atoms with van der Waals surface area (Å²) in [5.41, 5.74) is 2.31. The van der Waals surface area contributed by atoms with Gasteiger partial charge in [0, 0.05) is 37.0 Å². The number of rotatable bonds is 5. The van der Waals surface area contributed by atoms with Crippen LogP contribution in [0.2, 0.25) is 0 Å². The Morgan fingerprint density at radius 2 is 1.91 bits per heavy atom. The second kappa shape index (κ2) is 9.35. The number of carbonyl (C=O) groups is 2. The molecular formula is C23H25N3O6. The van der Waals surface area contributed by atoms with E-state index in [0.717, 1.165) is 24.1 Å². The molecule has 0 aromatic heterocycles. The van der Waals surface area contributed by atoms with Crippen LogP contribution < -0.4 is 9.80 Å². The first-order valence-corrected chi connectivity index (χ1v) is 10.6. The highest BCUT2D eigenvalue weighted by molar-refractivity contribution is 6.00. The summed E-state index contributed by atoms with van der Waals surface area (Å²) in [5.74, 6) is -1.09. The number of amides is 1. The van der Waals surface area contributed by atoms with E-state index in [1.54, 1.807) is 11.0 Å². The lowest BCUT2D eigenvalue weighted by molar-refractivity contribution is -0.384. The van der Waals surface area contributed by atoms with Crippen LogP contribution in [0.25, 0.3) is 0 Å². The lowest BCUT2D eigenvalue weighted by Gasteiger charge is -2.35. The number of fused-ring (bicyclic) bond motifs is 1. The topological polar surface area (TPSA) is 102 Å². The van der Waals surface area contributed by atoms with E-state index in [0.29, 0.717) is 32.0 Å². The van der Waals surface area contributed by atoms with Crippen LogP contribution in [0.5, 0.6) is 0 Å². The first kappa shape index (κ1) is 21.8. The van der Waals surface area contributed by atoms with E-state index < -0.39 is 17.5 Å². The van der Waals surface area contributed by atoms with E-state index >= 15 is 0 Å². The number of nitro benzene ring substituents is 1. The van der Waals surface area contributed by atoms with Gasteiger partial charge in [-0.3, -0.25) is 14.9 Å². The minimum atomic E-state index is -0.763. The molecule has 0 spiro atoms. The molecule has 1 atom stereocenters. The second-order valence-electron chi connectivity index (χ2n) is 7.91. The zero-order chi connectivity index (χ0) is 22.7. The molecule has 1 amide bonds. The Morgan fingerprint density at radius 3 is 2.66 bits per heavy atom. The average molecular weight is 439 g/mol. The fraction of sp³-hybridized carbons (Fsp3) is 0.391. The molecule has 1 fully saturated rings. The van der Waals surface area contributed by atoms with Crippen molar-refractivity contribution in [2.45, 2.75) is 25.8 Å². The van der Waals surface area contributed by atoms with Crippen molar-refractivity contribution < 1.29 is 24.0 Å². The Kier molecular flexibility index (Phi) is 6.36. The van der Waals surface area contributed by atoms with Crippen LogP contribution in [0.1, 0.15) is 29.3 Å². The molecule has 2 aliphatic heterocycles. The van der Waals surface area contributed by atoms with Gasteiger partial charge in [-0.2, -0.15) is 0 Å². The zero-order valence-electron chi connectivity index (χ0n) is 17.9. The normalized spacial score (nSPS) is 18.1. The Bertz CT molecular complexity index is 1030. The molecule has 0 saturated carbocycles. The summed E-state index contributed by atoms with van der Waals surface area (Å²) in [7, 11) is 0. The minimum Gasteiger partial charge on any atom is -0.452 e. The van der Waals surface area contributed by atoms with Crippen LogP contribution in [-0.4, -0.2) is 55.8 Å². The van der Waals surface area contributed by atoms with Gasteiger partial charge in [-0.1, -0.05) is 18.2 Å². The van der Waals surface area contributed by atoms with Gasteiger partial charge in [-0.15, -0.1) is 0 Å². The molecule has 168 valence electrons. The standard InChI is InChI=1S/C23H25N3O6/c1-16-6-7-17-4-2-3-5-20(17)25(16)22(27)15-32-23(28)19-14-18(26(29)30)8-9-21(19)24-10-12-31-13-11-24/h2-5,8-9,14,16H,6-7,10-13,15H2,1H3. The number of aryl methyl sites for hydroxylation is 1. The summed E-state index contributed by atoms with van der Waals surface area (Å²) in [6.45, 7) is 3.63. The second-order valence-corrected chi connectivity index (χ2v) is 7.91. The van der Waals surface area contributed by atoms with Crippen LogP contribution in [-0.2, 0) is 20.7 Å². The van der Waals surface area contributed by atoms with Crippen molar-refractivity contribution in [3.63, 3.8) is 0 Å². The van der Waals surface area contributed by atoms with Gasteiger partial charge in [0.1, 0.15) is 0 Å². The van der Waals surface area contributed by atoms with E-state index in [-0.39, 0.29) is 23.2 Å². The van der Waals surface area contributed by atoms with Gasteiger partial charge in [-0.05, 0) is 37.5 Å². The summed E-state index contributed by atoms with van der Waals surface area (Å²) >= 11 is 0. The van der Waals surface area contributed by atoms with Crippen LogP contribution in [0.4, 0.5) is 17.1 Å². The number of nitro groups is 1. The first-order chi connectivity index (χ1) is 15.5. The van der Waals surface area contributed by atoms with Gasteiger partial charge in [-0.25, -0.2) is 4.79 Å². The number of para-hydroxylation sites is 1. The third-order valence-corrected chi connectivity index (χ3v) is 5.88. The lowest BCUT2D eigenvalue weighted by atomic mass is 9.96. The van der Waals surface area contributed by atoms with Crippen LogP contribution in [0.3, 0.4) is 0 Å². The first-order valence-electron chi connectivity index (χ1n) is 10.6. The van der Waals surface area contributed by atoms with Crippen molar-refractivity contribution in [2.75, 3.05) is 42.7 Å². The largest absolute Gasteiger partial charge is 0.452 e. The smallest absolute Gasteiger partial charge is 0.341 e. The lowest BCUT2D eigenvalue weighted by Crippen LogP contribution is -2.44. The fourth-order valence-electron chi connectivity index (χ4n) is 4.22. The Morgan fingerprint density at radius 1 is 1.16 bits per heavy atom. The number of nitrogens with zero attached hydrogens (tertiary/aromatic N) is 3. The Hall–Kier alpha value is -3.46. The summed E-state index contributed by atoms with van der Waals surface area (Å²) < 4.78 is 10.7. The molecular weight excluding hydrogens is 414 g/mol. The summed E-state index contributed by atoms with van der Waals surface area (Å²) in [6.07, 6.45) is 1.71. The number of hydrogen-bond donors (Lipinski definition) is 0. The van der Waals surface area contributed by atoms with Gasteiger partial charge in [0.15, 0.2) is 6.61 Å². The van der Waals surface area contributed by atoms with Gasteiger partial charge in [0.05, 0.1) is 29.4 Å². The molecule has 0 aliphatic carbocycles. The van der Waals surface area contributed by atoms with Gasteiger partial charge in [0.2, 0.25) is 0 Å². The maximum absolute atomic E-state index is 13.0. The third kappa shape index (κ3) is 4.43. The van der Waals surface area contributed by atoms with Gasteiger partial charge in [0.25, 0.3) is 11.6 Å². The van der Waals surface area contributed by atoms with Crippen LogP contribution >= 0.6 is 0 Å². The highest BCUT2D eigenvalue weighted by atomic mass is 16.6. The SMILES string of the molecule is CC1CCc2ccccc2N1C(=O)COC(=O)c1cc([N+](=O)[O-])ccc1N1CCOCC1. The highest BCUT2D eigenvalue weighted by Gasteiger charge is 2.29. The number of non-ortho nitro benzene ring substituents is 1. The molecule has 2 heterocycles. The predicted octanol–water partition coefficient (Wildman–Crippen LogP) is 2.96. The molecule has 32 heavy (non-hydrogen) atoms. The van der Waals surface area contributed by atoms with Crippen molar-refractivity contribution in [3.8, 4) is 0 Å². The number of hydrogen-bond acceptors (Lipinski definition) is 7. The van der Waals surface area contributed by atoms with E-state index in [4.69, 9.17) is 9.47 Å². The van der Waals surface area contributed by atoms with E-state index in [1.807, 2.05) is 36.1 Å². The molecule has 2 aromatic carbocycles. The molecule has 2 aliphatic rings. The molecule has 1 saturated heterocycles. The average Bonchev–Trinajstić information content (AvgIpc) is 2.82. The van der Waals surface area contributed by atoms with Crippen molar-refractivity contribution in [1.29, 1.82) is 0 Å². The van der Waals surface area contributed by atoms with E-state index in [2.05, 4.69) is 0 Å². The number of anilines is 2. The number of benzene rings is 2. The van der Waals surface area contributed by atoms with Crippen molar-refractivity contribution in [1.82, 2.24) is 0 Å². The number of ether oxygens (including phenoxy) is 2. The molecule has 2 aromatic rings. The summed E-state index contributed by atoms with van der Waals surface area (Å²) in [4.78, 5) is 40.2. The third-order valence-electron chi connectivity index (χ3n) is 5.88. The van der Waals surface area contributed by atoms with Gasteiger partial charge >= 0.3 is 5.97 Å². The molecule has 0 radical (unpaired) electrons. The van der Waals surface area contributed by atoms with Gasteiger partial charge < -0.3 is 19.3 Å². The molecule has 1 unspecified atom stereocenters. The van der Waals surface area contributed by atoms with Crippen LogP contribution in [0, 0.1) is 10.1 Å². The molecule has 0 N–H and O–H groups in total. The quantitative estimate of drug-likeness (QED) is 0.401. The van der Waals surface area contributed by atoms with E-state index in [1.165, 1.54) is 12.1 Å². The van der Waals surface area contributed by atoms with Crippen molar-refractivity contribution in [3.05, 3.63) is 63.7 Å². The number of esters is 1. The summed E-state index contributed by atoms with van der Waals surface area (Å²) in [6, 6.07) is 11.8. The monoisotopic (exact) mass is 439 g/mol. The summed E-state index contributed by atoms with van der Waals surface area (Å²) in [5, 5.41) is 11.2. The molecule has 4 rings (SSSR count). The molecule has 9 nitrogen and oxygen atoms in total. The number of carbonyl (C=O) groups excluding carboxylic acids is 2. The molecule has 9 heteroatoms. The van der Waals surface area contributed by atoms with Crippen molar-refractivity contribution in [2.24, 2.45) is 0 Å². The zero-order valence-corrected chi connectivity index (χ0v) is 17.9. The predicted molar refractivity (Wildman–Crippen MR) is 118 cm³/mol. The number of morpholine rings is 1. The maximum Gasteiger partial charge on any atom is 0.341 e. The Labute approximate surface area is 185 Å². The van der Waals surface area contributed by atoms with Crippen molar-refractivity contribution >= 4 is 28.9 Å². The fourth-order valence-corrected chi connectivity index (χ4v) is 4.22. The van der Waals surface area contributed by atoms with Crippen LogP contribution in [0.15, 0.2) is 42.5 Å². The highest BCUT2D eigenvalue weighted by Crippen LogP contribution is 2.31. The van der Waals surface area contributed by atoms with E-state index in [9.17, 15) is 19.7 Å². The minimum absolute atomic E-state index is 0.0159. The Balaban J connectivity index is 1.53.